The fourth-order valence-electron chi connectivity index (χ4n) is 1.33. The molecule has 1 aromatic rings. The third-order valence-electron chi connectivity index (χ3n) is 2.22. The molecule has 4 nitrogen and oxygen atoms in total. The lowest BCUT2D eigenvalue weighted by molar-refractivity contribution is 0.282. The number of nitrogens with two attached hydrogens (primary N) is 2. The highest BCUT2D eigenvalue weighted by atomic mass is 35.5. The highest BCUT2D eigenvalue weighted by Crippen LogP contribution is 2.34. The number of nitrogens with one attached hydrogen (secondary N) is 1. The molecule has 0 amide bonds. The van der Waals surface area contributed by atoms with Gasteiger partial charge in [-0.1, -0.05) is 11.6 Å². The zero-order chi connectivity index (χ0) is 12.3. The summed E-state index contributed by atoms with van der Waals surface area (Å²) in [6, 6.07) is 1.29. The largest absolute Gasteiger partial charge is 0.397 e. The molecule has 0 aliphatic carbocycles. The first-order chi connectivity index (χ1) is 7.47. The zero-order valence-corrected chi connectivity index (χ0v) is 9.68. The average molecular weight is 248 g/mol. The number of anilines is 3. The molecule has 90 valence electrons. The van der Waals surface area contributed by atoms with E-state index < -0.39 is 5.82 Å². The van der Waals surface area contributed by atoms with Gasteiger partial charge in [-0.3, -0.25) is 0 Å². The summed E-state index contributed by atoms with van der Waals surface area (Å²) < 4.78 is 13.7. The summed E-state index contributed by atoms with van der Waals surface area (Å²) in [4.78, 5) is 0. The monoisotopic (exact) mass is 247 g/mol. The number of hydrogen-bond donors (Lipinski definition) is 4. The van der Waals surface area contributed by atoms with Gasteiger partial charge in [-0.15, -0.1) is 0 Å². The lowest BCUT2D eigenvalue weighted by Gasteiger charge is -2.17. The Bertz CT molecular complexity index is 387. The fourth-order valence-corrected chi connectivity index (χ4v) is 1.47. The van der Waals surface area contributed by atoms with E-state index in [-0.39, 0.29) is 34.7 Å². The summed E-state index contributed by atoms with van der Waals surface area (Å²) in [5, 5.41) is 11.4. The Labute approximate surface area is 98.4 Å². The van der Waals surface area contributed by atoms with Crippen molar-refractivity contribution in [3.63, 3.8) is 0 Å². The van der Waals surface area contributed by atoms with Gasteiger partial charge in [-0.05, 0) is 19.4 Å². The molecule has 0 saturated carbocycles. The van der Waals surface area contributed by atoms with Gasteiger partial charge in [0.05, 0.1) is 17.1 Å². The molecule has 0 radical (unpaired) electrons. The maximum atomic E-state index is 13.7. The summed E-state index contributed by atoms with van der Waals surface area (Å²) in [5.74, 6) is -0.663. The van der Waals surface area contributed by atoms with Crippen LogP contribution in [0.15, 0.2) is 6.07 Å². The van der Waals surface area contributed by atoms with Crippen molar-refractivity contribution >= 4 is 28.7 Å². The second-order valence-electron chi connectivity index (χ2n) is 3.62. The van der Waals surface area contributed by atoms with Crippen molar-refractivity contribution in [1.29, 1.82) is 0 Å². The number of hydrogen-bond acceptors (Lipinski definition) is 4. The van der Waals surface area contributed by atoms with Crippen LogP contribution in [0.1, 0.15) is 13.3 Å². The molecule has 1 aromatic carbocycles. The Kier molecular flexibility index (Phi) is 4.20. The standard InChI is InChI=1S/C10H15ClFN3O/c1-5(2-3-16)15-10-7(14)4-6(13)8(11)9(10)12/h4-5,15-16H,2-3,13-14H2,1H3. The summed E-state index contributed by atoms with van der Waals surface area (Å²) in [5.41, 5.74) is 11.5. The number of halogens is 2. The van der Waals surface area contributed by atoms with Crippen LogP contribution in [0.25, 0.3) is 0 Å². The van der Waals surface area contributed by atoms with Crippen LogP contribution in [0.2, 0.25) is 5.02 Å². The molecule has 0 fully saturated rings. The molecular formula is C10H15ClFN3O. The Balaban J connectivity index is 3.00. The third-order valence-corrected chi connectivity index (χ3v) is 2.60. The van der Waals surface area contributed by atoms with E-state index in [9.17, 15) is 4.39 Å². The molecule has 0 aliphatic rings. The van der Waals surface area contributed by atoms with Crippen molar-refractivity contribution < 1.29 is 9.50 Å². The first-order valence-electron chi connectivity index (χ1n) is 4.87. The average Bonchev–Trinajstić information content (AvgIpc) is 2.22. The van der Waals surface area contributed by atoms with Crippen LogP contribution < -0.4 is 16.8 Å². The quantitative estimate of drug-likeness (QED) is 0.612. The second kappa shape index (κ2) is 5.23. The zero-order valence-electron chi connectivity index (χ0n) is 8.93. The van der Waals surface area contributed by atoms with Gasteiger partial charge in [0.1, 0.15) is 5.02 Å². The fraction of sp³-hybridized carbons (Fsp3) is 0.400. The number of aliphatic hydroxyl groups excluding tert-OH is 1. The number of benzene rings is 1. The molecule has 16 heavy (non-hydrogen) atoms. The topological polar surface area (TPSA) is 84.3 Å². The number of nitrogen functional groups attached to an aromatic ring is 2. The van der Waals surface area contributed by atoms with E-state index in [0.29, 0.717) is 6.42 Å². The minimum absolute atomic E-state index is 0.0123. The van der Waals surface area contributed by atoms with Crippen molar-refractivity contribution in [3.05, 3.63) is 16.9 Å². The Morgan fingerprint density at radius 2 is 2.12 bits per heavy atom. The van der Waals surface area contributed by atoms with Gasteiger partial charge in [0.2, 0.25) is 0 Å². The van der Waals surface area contributed by atoms with Crippen LogP contribution in [0.3, 0.4) is 0 Å². The first-order valence-corrected chi connectivity index (χ1v) is 5.25. The van der Waals surface area contributed by atoms with Gasteiger partial charge < -0.3 is 21.9 Å². The molecular weight excluding hydrogens is 233 g/mol. The van der Waals surface area contributed by atoms with Gasteiger partial charge in [-0.2, -0.15) is 0 Å². The molecule has 1 unspecified atom stereocenters. The lowest BCUT2D eigenvalue weighted by Crippen LogP contribution is -2.18. The normalized spacial score (nSPS) is 12.5. The van der Waals surface area contributed by atoms with Crippen molar-refractivity contribution in [2.45, 2.75) is 19.4 Å². The Morgan fingerprint density at radius 1 is 1.50 bits per heavy atom. The molecule has 1 rings (SSSR count). The highest BCUT2D eigenvalue weighted by Gasteiger charge is 2.15. The third kappa shape index (κ3) is 2.68. The molecule has 0 heterocycles. The molecule has 0 bridgehead atoms. The van der Waals surface area contributed by atoms with E-state index in [2.05, 4.69) is 5.32 Å². The summed E-state index contributed by atoms with van der Waals surface area (Å²) in [7, 11) is 0. The lowest BCUT2D eigenvalue weighted by atomic mass is 10.2. The van der Waals surface area contributed by atoms with Gasteiger partial charge in [0.15, 0.2) is 5.82 Å². The highest BCUT2D eigenvalue weighted by molar-refractivity contribution is 6.33. The maximum Gasteiger partial charge on any atom is 0.169 e. The molecule has 0 spiro atoms. The molecule has 0 saturated heterocycles. The molecule has 0 aromatic heterocycles. The smallest absolute Gasteiger partial charge is 0.169 e. The van der Waals surface area contributed by atoms with Crippen LogP contribution in [0, 0.1) is 5.82 Å². The number of rotatable bonds is 4. The summed E-state index contributed by atoms with van der Waals surface area (Å²) in [6.45, 7) is 1.82. The van der Waals surface area contributed by atoms with Crippen LogP contribution in [0.4, 0.5) is 21.5 Å². The van der Waals surface area contributed by atoms with E-state index in [1.165, 1.54) is 6.07 Å². The molecule has 0 aliphatic heterocycles. The summed E-state index contributed by atoms with van der Waals surface area (Å²) >= 11 is 5.67. The Hall–Kier alpha value is -1.20. The second-order valence-corrected chi connectivity index (χ2v) is 3.99. The van der Waals surface area contributed by atoms with Crippen LogP contribution >= 0.6 is 11.6 Å². The van der Waals surface area contributed by atoms with Crippen LogP contribution in [-0.4, -0.2) is 17.8 Å². The van der Waals surface area contributed by atoms with E-state index in [4.69, 9.17) is 28.2 Å². The minimum Gasteiger partial charge on any atom is -0.397 e. The van der Waals surface area contributed by atoms with E-state index in [1.54, 1.807) is 6.92 Å². The van der Waals surface area contributed by atoms with Gasteiger partial charge in [0.25, 0.3) is 0 Å². The van der Waals surface area contributed by atoms with Crippen molar-refractivity contribution in [2.24, 2.45) is 0 Å². The van der Waals surface area contributed by atoms with Gasteiger partial charge >= 0.3 is 0 Å². The predicted molar refractivity (Wildman–Crippen MR) is 65.0 cm³/mol. The van der Waals surface area contributed by atoms with Gasteiger partial charge in [0, 0.05) is 12.6 Å². The van der Waals surface area contributed by atoms with Gasteiger partial charge in [-0.25, -0.2) is 4.39 Å². The molecule has 6 heteroatoms. The van der Waals surface area contributed by atoms with Crippen molar-refractivity contribution in [3.8, 4) is 0 Å². The maximum absolute atomic E-state index is 13.7. The number of aliphatic hydroxyl groups is 1. The van der Waals surface area contributed by atoms with Crippen molar-refractivity contribution in [1.82, 2.24) is 0 Å². The molecule has 6 N–H and O–H groups in total. The first kappa shape index (κ1) is 12.9. The van der Waals surface area contributed by atoms with E-state index in [0.717, 1.165) is 0 Å². The van der Waals surface area contributed by atoms with Crippen LogP contribution in [-0.2, 0) is 0 Å². The van der Waals surface area contributed by atoms with Crippen LogP contribution in [0.5, 0.6) is 0 Å². The SMILES string of the molecule is CC(CCO)Nc1c(N)cc(N)c(Cl)c1F. The van der Waals surface area contributed by atoms with E-state index >= 15 is 0 Å². The van der Waals surface area contributed by atoms with Crippen molar-refractivity contribution in [2.75, 3.05) is 23.4 Å². The molecule has 1 atom stereocenters. The Morgan fingerprint density at radius 3 is 2.69 bits per heavy atom. The van der Waals surface area contributed by atoms with E-state index in [1.807, 2.05) is 0 Å². The summed E-state index contributed by atoms with van der Waals surface area (Å²) in [6.07, 6.45) is 0.487. The predicted octanol–water partition coefficient (Wildman–Crippen LogP) is 1.83. The minimum atomic E-state index is -0.663.